The van der Waals surface area contributed by atoms with E-state index in [-0.39, 0.29) is 24.3 Å². The van der Waals surface area contributed by atoms with E-state index in [0.29, 0.717) is 59.2 Å². The number of rotatable bonds is 10. The van der Waals surface area contributed by atoms with E-state index in [2.05, 4.69) is 4.99 Å². The third-order valence-corrected chi connectivity index (χ3v) is 8.69. The van der Waals surface area contributed by atoms with Crippen molar-refractivity contribution in [3.63, 3.8) is 0 Å². The second-order valence-corrected chi connectivity index (χ2v) is 11.7. The third kappa shape index (κ3) is 6.58. The summed E-state index contributed by atoms with van der Waals surface area (Å²) in [6.07, 6.45) is 1.75. The molecule has 0 bridgehead atoms. The Morgan fingerprint density at radius 2 is 1.67 bits per heavy atom. The molecule has 0 fully saturated rings. The molecule has 0 aliphatic carbocycles. The summed E-state index contributed by atoms with van der Waals surface area (Å²) in [5.74, 6) is 1.41. The van der Waals surface area contributed by atoms with Gasteiger partial charge in [-0.05, 0) is 67.4 Å². The fraction of sp³-hybridized carbons (Fsp3) is 0.242. The van der Waals surface area contributed by atoms with E-state index in [1.165, 1.54) is 37.2 Å². The van der Waals surface area contributed by atoms with Gasteiger partial charge in [-0.3, -0.25) is 9.36 Å². The van der Waals surface area contributed by atoms with Crippen LogP contribution in [0.2, 0.25) is 10.0 Å². The Labute approximate surface area is 273 Å². The van der Waals surface area contributed by atoms with Crippen molar-refractivity contribution in [1.29, 1.82) is 0 Å². The lowest BCUT2D eigenvalue weighted by atomic mass is 9.95. The van der Waals surface area contributed by atoms with E-state index in [0.717, 1.165) is 5.56 Å². The van der Waals surface area contributed by atoms with Crippen LogP contribution in [-0.4, -0.2) is 38.5 Å². The van der Waals surface area contributed by atoms with E-state index in [1.54, 1.807) is 68.5 Å². The third-order valence-electron chi connectivity index (χ3n) is 7.12. The van der Waals surface area contributed by atoms with E-state index < -0.39 is 12.0 Å². The van der Waals surface area contributed by atoms with Crippen molar-refractivity contribution in [3.8, 4) is 23.0 Å². The molecule has 0 N–H and O–H groups in total. The fourth-order valence-electron chi connectivity index (χ4n) is 4.97. The molecule has 0 radical (unpaired) electrons. The van der Waals surface area contributed by atoms with Gasteiger partial charge in [0.1, 0.15) is 6.61 Å². The molecule has 12 heteroatoms. The largest absolute Gasteiger partial charge is 0.493 e. The van der Waals surface area contributed by atoms with Crippen LogP contribution < -0.4 is 33.8 Å². The van der Waals surface area contributed by atoms with Crippen molar-refractivity contribution in [2.75, 3.05) is 27.9 Å². The molecule has 1 atom stereocenters. The minimum Gasteiger partial charge on any atom is -0.493 e. The highest BCUT2D eigenvalue weighted by molar-refractivity contribution is 7.07. The van der Waals surface area contributed by atoms with E-state index in [1.807, 2.05) is 6.07 Å². The number of halogens is 2. The summed E-state index contributed by atoms with van der Waals surface area (Å²) in [7, 11) is 4.60. The standard InChI is InChI=1S/C33H30Cl2N2O7S/c1-6-43-32(39)29-18(2)36-33-37(30(29)20-9-12-24(40-3)27(15-20)42-5)31(38)28(45-33)14-19-7-11-25(26(13-19)41-4)44-17-21-8-10-22(34)16-23(21)35/h7-16,30H,6,17H2,1-5H3. The molecule has 0 spiro atoms. The second-order valence-electron chi connectivity index (χ2n) is 9.85. The average Bonchev–Trinajstić information content (AvgIpc) is 3.33. The molecule has 1 aliphatic rings. The van der Waals surface area contributed by atoms with Crippen LogP contribution in [0.3, 0.4) is 0 Å². The normalized spacial score (nSPS) is 14.5. The molecule has 3 aromatic carbocycles. The highest BCUT2D eigenvalue weighted by Gasteiger charge is 2.34. The Bertz CT molecular complexity index is 1980. The number of thiazole rings is 1. The molecule has 0 amide bonds. The van der Waals surface area contributed by atoms with E-state index >= 15 is 0 Å². The Kier molecular flexibility index (Phi) is 9.86. The van der Waals surface area contributed by atoms with Gasteiger partial charge in [0.05, 0.1) is 49.8 Å². The molecule has 45 heavy (non-hydrogen) atoms. The lowest BCUT2D eigenvalue weighted by molar-refractivity contribution is -0.139. The summed E-state index contributed by atoms with van der Waals surface area (Å²) < 4.78 is 29.8. The second kappa shape index (κ2) is 13.8. The number of carbonyl (C=O) groups is 1. The summed E-state index contributed by atoms with van der Waals surface area (Å²) in [6, 6.07) is 15.0. The number of hydrogen-bond acceptors (Lipinski definition) is 9. The molecular formula is C33H30Cl2N2O7S. The highest BCUT2D eigenvalue weighted by Crippen LogP contribution is 2.36. The predicted molar refractivity (Wildman–Crippen MR) is 174 cm³/mol. The first-order valence-electron chi connectivity index (χ1n) is 13.8. The van der Waals surface area contributed by atoms with Gasteiger partial charge in [-0.1, -0.05) is 52.7 Å². The lowest BCUT2D eigenvalue weighted by Crippen LogP contribution is -2.39. The number of ether oxygens (including phenoxy) is 5. The van der Waals surface area contributed by atoms with Gasteiger partial charge >= 0.3 is 5.97 Å². The molecule has 234 valence electrons. The predicted octanol–water partition coefficient (Wildman–Crippen LogP) is 5.71. The fourth-order valence-corrected chi connectivity index (χ4v) is 6.48. The van der Waals surface area contributed by atoms with Crippen LogP contribution >= 0.6 is 34.5 Å². The van der Waals surface area contributed by atoms with Crippen LogP contribution in [0.4, 0.5) is 0 Å². The summed E-state index contributed by atoms with van der Waals surface area (Å²) in [6.45, 7) is 3.85. The molecule has 1 aliphatic heterocycles. The maximum Gasteiger partial charge on any atom is 0.338 e. The molecule has 4 aromatic rings. The lowest BCUT2D eigenvalue weighted by Gasteiger charge is -2.25. The molecule has 2 heterocycles. The van der Waals surface area contributed by atoms with Crippen LogP contribution in [-0.2, 0) is 16.1 Å². The monoisotopic (exact) mass is 668 g/mol. The van der Waals surface area contributed by atoms with E-state index in [9.17, 15) is 9.59 Å². The van der Waals surface area contributed by atoms with Gasteiger partial charge in [-0.2, -0.15) is 0 Å². The number of benzene rings is 3. The quantitative estimate of drug-likeness (QED) is 0.200. The molecule has 1 aromatic heterocycles. The maximum absolute atomic E-state index is 14.0. The van der Waals surface area contributed by atoms with Crippen LogP contribution in [0.5, 0.6) is 23.0 Å². The van der Waals surface area contributed by atoms with Crippen molar-refractivity contribution in [2.45, 2.75) is 26.5 Å². The Morgan fingerprint density at radius 3 is 2.36 bits per heavy atom. The molecule has 1 unspecified atom stereocenters. The summed E-state index contributed by atoms with van der Waals surface area (Å²) in [5.41, 5.74) is 2.54. The van der Waals surface area contributed by atoms with Gasteiger partial charge in [0.15, 0.2) is 27.8 Å². The summed E-state index contributed by atoms with van der Waals surface area (Å²) in [4.78, 5) is 32.3. The van der Waals surface area contributed by atoms with Gasteiger partial charge in [0.2, 0.25) is 0 Å². The zero-order valence-electron chi connectivity index (χ0n) is 25.2. The molecule has 9 nitrogen and oxygen atoms in total. The Hall–Kier alpha value is -4.25. The zero-order chi connectivity index (χ0) is 32.2. The van der Waals surface area contributed by atoms with Gasteiger partial charge in [0, 0.05) is 15.6 Å². The molecule has 0 saturated carbocycles. The van der Waals surface area contributed by atoms with Gasteiger partial charge in [-0.25, -0.2) is 9.79 Å². The van der Waals surface area contributed by atoms with Crippen molar-refractivity contribution < 1.29 is 28.5 Å². The first-order chi connectivity index (χ1) is 21.7. The van der Waals surface area contributed by atoms with Gasteiger partial charge in [0.25, 0.3) is 5.56 Å². The molecular weight excluding hydrogens is 639 g/mol. The van der Waals surface area contributed by atoms with Crippen LogP contribution in [0, 0.1) is 0 Å². The zero-order valence-corrected chi connectivity index (χ0v) is 27.5. The number of aromatic nitrogens is 1. The van der Waals surface area contributed by atoms with Crippen LogP contribution in [0.1, 0.15) is 36.6 Å². The van der Waals surface area contributed by atoms with Crippen molar-refractivity contribution >= 4 is 46.6 Å². The Morgan fingerprint density at radius 1 is 0.956 bits per heavy atom. The minimum absolute atomic E-state index is 0.174. The van der Waals surface area contributed by atoms with Crippen molar-refractivity contribution in [3.05, 3.63) is 112 Å². The van der Waals surface area contributed by atoms with Crippen molar-refractivity contribution in [2.24, 2.45) is 4.99 Å². The highest BCUT2D eigenvalue weighted by atomic mass is 35.5. The number of hydrogen-bond donors (Lipinski definition) is 0. The number of nitrogens with zero attached hydrogens (tertiary/aromatic N) is 2. The molecule has 5 rings (SSSR count). The number of esters is 1. The maximum atomic E-state index is 14.0. The van der Waals surface area contributed by atoms with E-state index in [4.69, 9.17) is 46.9 Å². The van der Waals surface area contributed by atoms with Crippen LogP contribution in [0.25, 0.3) is 6.08 Å². The number of fused-ring (bicyclic) bond motifs is 1. The van der Waals surface area contributed by atoms with Crippen LogP contribution in [0.15, 0.2) is 75.7 Å². The number of carbonyl (C=O) groups excluding carboxylic acids is 1. The first-order valence-corrected chi connectivity index (χ1v) is 15.4. The first kappa shape index (κ1) is 32.2. The number of allylic oxidation sites excluding steroid dienone is 1. The minimum atomic E-state index is -0.799. The topological polar surface area (TPSA) is 97.6 Å². The summed E-state index contributed by atoms with van der Waals surface area (Å²) >= 11 is 13.5. The van der Waals surface area contributed by atoms with Crippen molar-refractivity contribution in [1.82, 2.24) is 4.57 Å². The molecule has 0 saturated heterocycles. The Balaban J connectivity index is 1.56. The number of methoxy groups -OCH3 is 3. The smallest absolute Gasteiger partial charge is 0.338 e. The van der Waals surface area contributed by atoms with Gasteiger partial charge < -0.3 is 23.7 Å². The average molecular weight is 670 g/mol. The summed E-state index contributed by atoms with van der Waals surface area (Å²) in [5, 5.41) is 1.04. The SMILES string of the molecule is CCOC(=O)C1=C(C)N=c2sc(=Cc3ccc(OCc4ccc(Cl)cc4Cl)c(OC)c3)c(=O)n2C1c1ccc(OC)c(OC)c1. The van der Waals surface area contributed by atoms with Gasteiger partial charge in [-0.15, -0.1) is 0 Å².